The smallest absolute Gasteiger partial charge is 0.350 e. The standard InChI is InChI=1S/C21H22N4O3S2/c1-4-28-20(27)19-13(2)22-21(30-19)25-17(26)10-11-29-18-12-16(23-14(3)24-18)15-8-6-5-7-9-15/h5-9,12H,4,10-11H2,1-3H3,(H,22,25,26). The molecule has 1 amide bonds. The number of esters is 1. The molecule has 7 nitrogen and oxygen atoms in total. The molecule has 0 saturated carbocycles. The molecule has 9 heteroatoms. The summed E-state index contributed by atoms with van der Waals surface area (Å²) in [6.07, 6.45) is 0.293. The van der Waals surface area contributed by atoms with Crippen LogP contribution in [0.3, 0.4) is 0 Å². The van der Waals surface area contributed by atoms with Crippen LogP contribution in [0.25, 0.3) is 11.3 Å². The minimum atomic E-state index is -0.420. The van der Waals surface area contributed by atoms with Crippen molar-refractivity contribution in [3.63, 3.8) is 0 Å². The Bertz CT molecular complexity index is 1040. The fraction of sp³-hybridized carbons (Fsp3) is 0.286. The van der Waals surface area contributed by atoms with E-state index in [-0.39, 0.29) is 5.91 Å². The zero-order valence-electron chi connectivity index (χ0n) is 17.0. The molecular formula is C21H22N4O3S2. The number of anilines is 1. The van der Waals surface area contributed by atoms with Gasteiger partial charge in [0.2, 0.25) is 5.91 Å². The number of nitrogens with zero attached hydrogens (tertiary/aromatic N) is 3. The first-order chi connectivity index (χ1) is 14.5. The second-order valence-corrected chi connectivity index (χ2v) is 8.42. The predicted octanol–water partition coefficient (Wildman–Crippen LogP) is 4.51. The third-order valence-electron chi connectivity index (χ3n) is 3.97. The third kappa shape index (κ3) is 5.87. The van der Waals surface area contributed by atoms with Crippen molar-refractivity contribution < 1.29 is 14.3 Å². The number of hydrogen-bond donors (Lipinski definition) is 1. The molecule has 2 aromatic heterocycles. The lowest BCUT2D eigenvalue weighted by atomic mass is 10.1. The molecular weight excluding hydrogens is 420 g/mol. The SMILES string of the molecule is CCOC(=O)c1sc(NC(=O)CCSc2cc(-c3ccccc3)nc(C)n2)nc1C. The number of benzene rings is 1. The molecule has 0 atom stereocenters. The van der Waals surface area contributed by atoms with E-state index >= 15 is 0 Å². The summed E-state index contributed by atoms with van der Waals surface area (Å²) in [6.45, 7) is 5.62. The van der Waals surface area contributed by atoms with E-state index in [1.165, 1.54) is 11.8 Å². The Morgan fingerprint density at radius 2 is 1.90 bits per heavy atom. The number of amides is 1. The lowest BCUT2D eigenvalue weighted by Crippen LogP contribution is -2.12. The molecule has 1 N–H and O–H groups in total. The van der Waals surface area contributed by atoms with Crippen molar-refractivity contribution in [2.75, 3.05) is 17.7 Å². The number of aryl methyl sites for hydroxylation is 2. The van der Waals surface area contributed by atoms with E-state index in [9.17, 15) is 9.59 Å². The number of rotatable bonds is 8. The summed E-state index contributed by atoms with van der Waals surface area (Å²) in [5.74, 6) is 0.664. The molecule has 1 aromatic carbocycles. The first-order valence-corrected chi connectivity index (χ1v) is 11.2. The summed E-state index contributed by atoms with van der Waals surface area (Å²) >= 11 is 2.62. The van der Waals surface area contributed by atoms with Gasteiger partial charge in [0, 0.05) is 17.7 Å². The average molecular weight is 443 g/mol. The van der Waals surface area contributed by atoms with E-state index in [2.05, 4.69) is 20.3 Å². The van der Waals surface area contributed by atoms with Crippen molar-refractivity contribution in [2.45, 2.75) is 32.2 Å². The largest absolute Gasteiger partial charge is 0.462 e. The molecule has 0 unspecified atom stereocenters. The van der Waals surface area contributed by atoms with Crippen molar-refractivity contribution >= 4 is 40.1 Å². The topological polar surface area (TPSA) is 94.1 Å². The molecule has 0 fully saturated rings. The van der Waals surface area contributed by atoms with Gasteiger partial charge < -0.3 is 10.1 Å². The zero-order valence-corrected chi connectivity index (χ0v) is 18.6. The highest BCUT2D eigenvalue weighted by Gasteiger charge is 2.17. The Morgan fingerprint density at radius 3 is 2.63 bits per heavy atom. The Kier molecular flexibility index (Phi) is 7.53. The van der Waals surface area contributed by atoms with Gasteiger partial charge in [-0.3, -0.25) is 4.79 Å². The monoisotopic (exact) mass is 442 g/mol. The minimum Gasteiger partial charge on any atom is -0.462 e. The molecule has 3 rings (SSSR count). The van der Waals surface area contributed by atoms with Crippen LogP contribution in [0.5, 0.6) is 0 Å². The molecule has 156 valence electrons. The fourth-order valence-electron chi connectivity index (χ4n) is 2.64. The van der Waals surface area contributed by atoms with Gasteiger partial charge in [0.1, 0.15) is 15.7 Å². The summed E-state index contributed by atoms with van der Waals surface area (Å²) in [6, 6.07) is 11.8. The molecule has 3 aromatic rings. The fourth-order valence-corrected chi connectivity index (χ4v) is 4.40. The molecule has 0 aliphatic heterocycles. The number of nitrogens with one attached hydrogen (secondary N) is 1. The lowest BCUT2D eigenvalue weighted by Gasteiger charge is -2.06. The van der Waals surface area contributed by atoms with Gasteiger partial charge in [-0.25, -0.2) is 19.7 Å². The van der Waals surface area contributed by atoms with Crippen LogP contribution in [-0.2, 0) is 9.53 Å². The number of aromatic nitrogens is 3. The van der Waals surface area contributed by atoms with Gasteiger partial charge in [-0.2, -0.15) is 0 Å². The summed E-state index contributed by atoms with van der Waals surface area (Å²) in [7, 11) is 0. The Balaban J connectivity index is 1.56. The van der Waals surface area contributed by atoms with Crippen LogP contribution in [0, 0.1) is 13.8 Å². The van der Waals surface area contributed by atoms with Gasteiger partial charge >= 0.3 is 5.97 Å². The van der Waals surface area contributed by atoms with Gasteiger partial charge in [0.05, 0.1) is 18.0 Å². The van der Waals surface area contributed by atoms with E-state index in [1.807, 2.05) is 43.3 Å². The van der Waals surface area contributed by atoms with Crippen molar-refractivity contribution in [3.8, 4) is 11.3 Å². The maximum absolute atomic E-state index is 12.3. The van der Waals surface area contributed by atoms with E-state index in [4.69, 9.17) is 4.74 Å². The molecule has 2 heterocycles. The lowest BCUT2D eigenvalue weighted by molar-refractivity contribution is -0.115. The second-order valence-electron chi connectivity index (χ2n) is 6.31. The summed E-state index contributed by atoms with van der Waals surface area (Å²) in [5, 5.41) is 3.97. The van der Waals surface area contributed by atoms with Crippen molar-refractivity contribution in [3.05, 3.63) is 52.8 Å². The number of carbonyl (C=O) groups excluding carboxylic acids is 2. The number of thiazole rings is 1. The number of hydrogen-bond acceptors (Lipinski definition) is 8. The Hall–Kier alpha value is -2.78. The Labute approximate surface area is 183 Å². The third-order valence-corrected chi connectivity index (χ3v) is 5.93. The molecule has 0 aliphatic carbocycles. The number of thioether (sulfide) groups is 1. The Morgan fingerprint density at radius 1 is 1.13 bits per heavy atom. The van der Waals surface area contributed by atoms with Crippen molar-refractivity contribution in [1.29, 1.82) is 0 Å². The highest BCUT2D eigenvalue weighted by atomic mass is 32.2. The van der Waals surface area contributed by atoms with E-state index in [1.54, 1.807) is 13.8 Å². The zero-order chi connectivity index (χ0) is 21.5. The summed E-state index contributed by atoms with van der Waals surface area (Å²) < 4.78 is 5.00. The van der Waals surface area contributed by atoms with Gasteiger partial charge in [0.15, 0.2) is 5.13 Å². The number of ether oxygens (including phenoxy) is 1. The first kappa shape index (κ1) is 21.9. The van der Waals surface area contributed by atoms with Crippen LogP contribution in [0.1, 0.15) is 34.5 Å². The van der Waals surface area contributed by atoms with E-state index < -0.39 is 5.97 Å². The summed E-state index contributed by atoms with van der Waals surface area (Å²) in [5.41, 5.74) is 2.44. The summed E-state index contributed by atoms with van der Waals surface area (Å²) in [4.78, 5) is 37.7. The van der Waals surface area contributed by atoms with Crippen LogP contribution in [0.4, 0.5) is 5.13 Å². The van der Waals surface area contributed by atoms with Gasteiger partial charge in [-0.05, 0) is 26.8 Å². The minimum absolute atomic E-state index is 0.166. The van der Waals surface area contributed by atoms with Crippen LogP contribution >= 0.6 is 23.1 Å². The molecule has 0 radical (unpaired) electrons. The van der Waals surface area contributed by atoms with Crippen molar-refractivity contribution in [2.24, 2.45) is 0 Å². The number of carbonyl (C=O) groups is 2. The predicted molar refractivity (Wildman–Crippen MR) is 119 cm³/mol. The second kappa shape index (κ2) is 10.3. The molecule has 0 aliphatic rings. The van der Waals surface area contributed by atoms with E-state index in [0.29, 0.717) is 40.3 Å². The average Bonchev–Trinajstić information content (AvgIpc) is 3.08. The van der Waals surface area contributed by atoms with Crippen LogP contribution in [-0.4, -0.2) is 39.2 Å². The van der Waals surface area contributed by atoms with Gasteiger partial charge in [0.25, 0.3) is 0 Å². The van der Waals surface area contributed by atoms with Crippen LogP contribution < -0.4 is 5.32 Å². The van der Waals surface area contributed by atoms with Gasteiger partial charge in [-0.15, -0.1) is 11.8 Å². The highest BCUT2D eigenvalue weighted by Crippen LogP contribution is 2.25. The van der Waals surface area contributed by atoms with Gasteiger partial charge in [-0.1, -0.05) is 41.7 Å². The normalized spacial score (nSPS) is 10.6. The van der Waals surface area contributed by atoms with Crippen molar-refractivity contribution in [1.82, 2.24) is 15.0 Å². The maximum Gasteiger partial charge on any atom is 0.350 e. The molecule has 0 bridgehead atoms. The first-order valence-electron chi connectivity index (χ1n) is 9.44. The molecule has 30 heavy (non-hydrogen) atoms. The maximum atomic E-state index is 12.3. The highest BCUT2D eigenvalue weighted by molar-refractivity contribution is 7.99. The molecule has 0 spiro atoms. The van der Waals surface area contributed by atoms with E-state index in [0.717, 1.165) is 27.6 Å². The molecule has 0 saturated heterocycles. The quantitative estimate of drug-likeness (QED) is 0.311. The van der Waals surface area contributed by atoms with Crippen LogP contribution in [0.15, 0.2) is 41.4 Å². The van der Waals surface area contributed by atoms with Crippen LogP contribution in [0.2, 0.25) is 0 Å².